The second kappa shape index (κ2) is 14.0. The molecule has 13 rings (SSSR count). The van der Waals surface area contributed by atoms with Gasteiger partial charge in [-0.2, -0.15) is 0 Å². The van der Waals surface area contributed by atoms with Crippen LogP contribution >= 0.6 is 0 Å². The van der Waals surface area contributed by atoms with Crippen LogP contribution in [0.25, 0.3) is 128 Å². The standard InChI is InChI=1S/C57H34N4O2/c1-3-15-35(16-4-1)36-29-31-38(32-30-36)55-58-56(39-33-45(37-17-5-2-6-18-37)52-42-21-9-12-27-49(42)62-51(52)34-39)60-57(59-55)44-23-14-28-50-53(44)43-22-13-26-48(54(43)63-50)61-46-24-10-7-19-40(46)41-20-8-11-25-47(41)61/h1-34H/i7D,8D,10D,11D,13D,14D,19D,20D,23D,24D,26D,28D. The van der Waals surface area contributed by atoms with Crippen molar-refractivity contribution < 1.29 is 25.3 Å². The van der Waals surface area contributed by atoms with Gasteiger partial charge in [-0.1, -0.05) is 164 Å². The third-order valence-electron chi connectivity index (χ3n) is 11.4. The molecule has 4 heterocycles. The van der Waals surface area contributed by atoms with E-state index in [-0.39, 0.29) is 72.5 Å². The maximum Gasteiger partial charge on any atom is 0.164 e. The molecule has 0 radical (unpaired) electrons. The first kappa shape index (κ1) is 25.2. The predicted molar refractivity (Wildman–Crippen MR) is 256 cm³/mol. The van der Waals surface area contributed by atoms with Crippen molar-refractivity contribution in [3.05, 3.63) is 206 Å². The molecule has 0 unspecified atom stereocenters. The quantitative estimate of drug-likeness (QED) is 0.167. The Kier molecular flexibility index (Phi) is 5.60. The average Bonchev–Trinajstić information content (AvgIpc) is 4.12. The van der Waals surface area contributed by atoms with Crippen molar-refractivity contribution in [1.29, 1.82) is 0 Å². The molecule has 0 bridgehead atoms. The van der Waals surface area contributed by atoms with E-state index in [1.807, 2.05) is 121 Å². The summed E-state index contributed by atoms with van der Waals surface area (Å²) < 4.78 is 123. The first-order valence-corrected chi connectivity index (χ1v) is 20.1. The zero-order valence-electron chi connectivity index (χ0n) is 44.8. The Hall–Kier alpha value is -8.61. The zero-order valence-corrected chi connectivity index (χ0v) is 32.8. The lowest BCUT2D eigenvalue weighted by molar-refractivity contribution is 0.666. The average molecular weight is 819 g/mol. The minimum atomic E-state index is -0.630. The molecule has 0 atom stereocenters. The minimum absolute atomic E-state index is 0.0288. The Morgan fingerprint density at radius 1 is 0.381 bits per heavy atom. The molecule has 0 fully saturated rings. The van der Waals surface area contributed by atoms with Crippen LogP contribution in [0.1, 0.15) is 16.4 Å². The first-order chi connectivity index (χ1) is 36.2. The van der Waals surface area contributed by atoms with Crippen LogP contribution in [-0.4, -0.2) is 19.5 Å². The van der Waals surface area contributed by atoms with Crippen LogP contribution in [0, 0.1) is 0 Å². The fraction of sp³-hybridized carbons (Fsp3) is 0. The predicted octanol–water partition coefficient (Wildman–Crippen LogP) is 15.1. The highest BCUT2D eigenvalue weighted by Crippen LogP contribution is 2.43. The van der Waals surface area contributed by atoms with E-state index in [1.54, 1.807) is 0 Å². The molecule has 0 aliphatic carbocycles. The van der Waals surface area contributed by atoms with E-state index < -0.39 is 72.5 Å². The molecule has 0 saturated carbocycles. The molecule has 0 aliphatic heterocycles. The van der Waals surface area contributed by atoms with Gasteiger partial charge >= 0.3 is 0 Å². The SMILES string of the molecule is [2H]c1cc2c(oc3c([2H])c([2H])c([2H])c(-c4nc(-c5ccc(-c6ccccc6)cc5)nc(-c5cc(-c6ccccc6)c6c(c5)oc5ccccc56)n4)c32)c(-n2c3cc([2H])c([2H])c([2H])c3c3c([2H])c([2H])c([2H])c([2H])c32)c1[2H]. The number of hydrogen-bond acceptors (Lipinski definition) is 5. The summed E-state index contributed by atoms with van der Waals surface area (Å²) in [5.74, 6) is 0.279. The third kappa shape index (κ3) is 5.62. The van der Waals surface area contributed by atoms with Crippen LogP contribution in [0.3, 0.4) is 0 Å². The van der Waals surface area contributed by atoms with Crippen molar-refractivity contribution in [2.75, 3.05) is 0 Å². The smallest absolute Gasteiger partial charge is 0.164 e. The summed E-state index contributed by atoms with van der Waals surface area (Å²) in [6.07, 6.45) is 0. The number of rotatable bonds is 6. The highest BCUT2D eigenvalue weighted by atomic mass is 16.3. The normalized spacial score (nSPS) is 14.5. The monoisotopic (exact) mass is 818 g/mol. The molecule has 0 aliphatic rings. The van der Waals surface area contributed by atoms with E-state index in [0.29, 0.717) is 22.3 Å². The molecule has 63 heavy (non-hydrogen) atoms. The summed E-state index contributed by atoms with van der Waals surface area (Å²) in [6.45, 7) is 0. The number of nitrogens with zero attached hydrogens (tertiary/aromatic N) is 4. The van der Waals surface area contributed by atoms with Gasteiger partial charge in [0.1, 0.15) is 16.7 Å². The maximum absolute atomic E-state index is 9.63. The van der Waals surface area contributed by atoms with Gasteiger partial charge in [-0.05, 0) is 64.6 Å². The molecule has 6 heteroatoms. The summed E-state index contributed by atoms with van der Waals surface area (Å²) in [5.41, 5.74) is 5.10. The van der Waals surface area contributed by atoms with E-state index >= 15 is 0 Å². The molecule has 0 saturated heterocycles. The lowest BCUT2D eigenvalue weighted by atomic mass is 9.96. The van der Waals surface area contributed by atoms with Gasteiger partial charge in [0.05, 0.1) is 33.2 Å². The Balaban J connectivity index is 1.13. The van der Waals surface area contributed by atoms with Crippen molar-refractivity contribution in [3.8, 4) is 62.1 Å². The Labute approximate surface area is 377 Å². The molecule has 6 nitrogen and oxygen atoms in total. The van der Waals surface area contributed by atoms with Gasteiger partial charge in [0.15, 0.2) is 23.1 Å². The van der Waals surface area contributed by atoms with Crippen LogP contribution in [0.2, 0.25) is 0 Å². The molecule has 13 aromatic rings. The summed E-state index contributed by atoms with van der Waals surface area (Å²) >= 11 is 0. The van der Waals surface area contributed by atoms with Gasteiger partial charge in [0, 0.05) is 49.0 Å². The zero-order chi connectivity index (χ0) is 51.9. The second-order valence-electron chi connectivity index (χ2n) is 15.0. The first-order valence-electron chi connectivity index (χ1n) is 26.1. The Bertz CT molecular complexity index is 4620. The molecule has 294 valence electrons. The molecule has 0 amide bonds. The van der Waals surface area contributed by atoms with E-state index in [2.05, 4.69) is 0 Å². The second-order valence-corrected chi connectivity index (χ2v) is 15.0. The van der Waals surface area contributed by atoms with Crippen molar-refractivity contribution in [2.24, 2.45) is 0 Å². The van der Waals surface area contributed by atoms with Gasteiger partial charge in [-0.3, -0.25) is 0 Å². The number of hydrogen-bond donors (Lipinski definition) is 0. The minimum Gasteiger partial charge on any atom is -0.456 e. The van der Waals surface area contributed by atoms with Gasteiger partial charge in [-0.25, -0.2) is 15.0 Å². The van der Waals surface area contributed by atoms with Gasteiger partial charge in [-0.15, -0.1) is 0 Å². The van der Waals surface area contributed by atoms with Crippen LogP contribution in [0.15, 0.2) is 215 Å². The van der Waals surface area contributed by atoms with Crippen molar-refractivity contribution >= 4 is 65.7 Å². The van der Waals surface area contributed by atoms with Gasteiger partial charge in [0.2, 0.25) is 0 Å². The van der Waals surface area contributed by atoms with Crippen molar-refractivity contribution in [2.45, 2.75) is 0 Å². The number of aromatic nitrogens is 4. The highest BCUT2D eigenvalue weighted by Gasteiger charge is 2.23. The lowest BCUT2D eigenvalue weighted by Gasteiger charge is -2.12. The van der Waals surface area contributed by atoms with Crippen LogP contribution in [0.5, 0.6) is 0 Å². The number of furan rings is 2. The maximum atomic E-state index is 9.63. The lowest BCUT2D eigenvalue weighted by Crippen LogP contribution is -2.01. The van der Waals surface area contributed by atoms with E-state index in [4.69, 9.17) is 33.4 Å². The van der Waals surface area contributed by atoms with Crippen LogP contribution in [-0.2, 0) is 0 Å². The summed E-state index contributed by atoms with van der Waals surface area (Å²) in [6, 6.07) is 35.4. The van der Waals surface area contributed by atoms with E-state index in [0.717, 1.165) is 33.0 Å². The number of fused-ring (bicyclic) bond motifs is 9. The largest absolute Gasteiger partial charge is 0.456 e. The third-order valence-corrected chi connectivity index (χ3v) is 11.4. The van der Waals surface area contributed by atoms with Crippen LogP contribution in [0.4, 0.5) is 0 Å². The Morgan fingerprint density at radius 2 is 1.05 bits per heavy atom. The fourth-order valence-electron chi connectivity index (χ4n) is 8.60. The van der Waals surface area contributed by atoms with Gasteiger partial charge in [0.25, 0.3) is 0 Å². The van der Waals surface area contributed by atoms with Crippen molar-refractivity contribution in [1.82, 2.24) is 19.5 Å². The Morgan fingerprint density at radius 3 is 1.89 bits per heavy atom. The topological polar surface area (TPSA) is 69.9 Å². The molecule has 0 N–H and O–H groups in total. The number of para-hydroxylation sites is 4. The summed E-state index contributed by atoms with van der Waals surface area (Å²) in [5, 5.41) is 1.68. The van der Waals surface area contributed by atoms with E-state index in [1.165, 1.54) is 16.7 Å². The number of benzene rings is 9. The van der Waals surface area contributed by atoms with Gasteiger partial charge < -0.3 is 13.4 Å². The summed E-state index contributed by atoms with van der Waals surface area (Å²) in [7, 11) is 0. The van der Waals surface area contributed by atoms with Crippen LogP contribution < -0.4 is 0 Å². The summed E-state index contributed by atoms with van der Waals surface area (Å²) in [4.78, 5) is 15.2. The fourth-order valence-corrected chi connectivity index (χ4v) is 8.60. The van der Waals surface area contributed by atoms with Crippen molar-refractivity contribution in [3.63, 3.8) is 0 Å². The molecule has 9 aromatic carbocycles. The highest BCUT2D eigenvalue weighted by molar-refractivity contribution is 6.16. The molecule has 0 spiro atoms. The molecule has 4 aromatic heterocycles. The molecular weight excluding hydrogens is 773 g/mol. The molecular formula is C57H34N4O2. The van der Waals surface area contributed by atoms with E-state index in [9.17, 15) is 6.85 Å².